The minimum absolute atomic E-state index is 0.0350. The number of nitrogens with zero attached hydrogens (tertiary/aromatic N) is 8. The van der Waals surface area contributed by atoms with Crippen molar-refractivity contribution in [2.45, 2.75) is 245 Å². The van der Waals surface area contributed by atoms with E-state index in [4.69, 9.17) is 53.5 Å². The lowest BCUT2D eigenvalue weighted by Crippen LogP contribution is -2.26. The van der Waals surface area contributed by atoms with E-state index >= 15 is 0 Å². The Kier molecular flexibility index (Phi) is 42.3. The van der Waals surface area contributed by atoms with Crippen molar-refractivity contribution in [3.63, 3.8) is 0 Å². The molecule has 530 valence electrons. The van der Waals surface area contributed by atoms with Crippen molar-refractivity contribution in [3.05, 3.63) is 67.8 Å². The van der Waals surface area contributed by atoms with E-state index in [0.717, 1.165) is 36.5 Å². The number of unbranched alkanes of at least 4 members (excludes halogenated alkanes) is 30. The van der Waals surface area contributed by atoms with Crippen LogP contribution in [-0.2, 0) is 59.7 Å². The van der Waals surface area contributed by atoms with Crippen LogP contribution in [0.15, 0.2) is 67.8 Å². The number of imidazole rings is 2. The zero-order valence-electron chi connectivity index (χ0n) is 57.7. The van der Waals surface area contributed by atoms with Crippen LogP contribution in [0.4, 0.5) is 11.6 Å². The summed E-state index contributed by atoms with van der Waals surface area (Å²) in [5, 5.41) is 1.81. The molecule has 0 radical (unpaired) electrons. The van der Waals surface area contributed by atoms with Gasteiger partial charge in [-0.3, -0.25) is 9.09 Å². The second kappa shape index (κ2) is 49.8. The molecule has 0 amide bonds. The first-order valence-electron chi connectivity index (χ1n) is 35.6. The summed E-state index contributed by atoms with van der Waals surface area (Å²) in [6.07, 6.45) is 46.8. The molecule has 6 aromatic rings. The number of ether oxygens (including phenoxy) is 6. The van der Waals surface area contributed by atoms with Gasteiger partial charge in [0.1, 0.15) is 35.8 Å². The van der Waals surface area contributed by atoms with Gasteiger partial charge in [-0.1, -0.05) is 243 Å². The molecular weight excluding hydrogens is 1230 g/mol. The maximum Gasteiger partial charge on any atom is 0.404 e. The van der Waals surface area contributed by atoms with E-state index in [2.05, 4.69) is 43.8 Å². The van der Waals surface area contributed by atoms with Crippen LogP contribution in [0.5, 0.6) is 5.75 Å². The van der Waals surface area contributed by atoms with Crippen LogP contribution < -0.4 is 16.0 Å². The number of hydrogen-bond acceptors (Lipinski definition) is 19. The van der Waals surface area contributed by atoms with Crippen LogP contribution in [0.1, 0.15) is 219 Å². The molecule has 94 heavy (non-hydrogen) atoms. The van der Waals surface area contributed by atoms with E-state index in [9.17, 15) is 14.0 Å². The van der Waals surface area contributed by atoms with Crippen molar-refractivity contribution in [1.82, 2.24) is 39.0 Å². The molecule has 4 aromatic heterocycles. The molecule has 6 rings (SSSR count). The van der Waals surface area contributed by atoms with Crippen LogP contribution >= 0.6 is 15.2 Å². The normalized spacial score (nSPS) is 13.7. The van der Waals surface area contributed by atoms with Crippen LogP contribution in [0.3, 0.4) is 0 Å². The van der Waals surface area contributed by atoms with Crippen molar-refractivity contribution < 1.29 is 56.0 Å². The summed E-state index contributed by atoms with van der Waals surface area (Å²) in [5.41, 5.74) is 13.9. The highest BCUT2D eigenvalue weighted by Crippen LogP contribution is 2.50. The Hall–Kier alpha value is -4.70. The lowest BCUT2D eigenvalue weighted by atomic mass is 10.0. The average Bonchev–Trinajstić information content (AvgIpc) is 2.21. The van der Waals surface area contributed by atoms with Gasteiger partial charge in [0, 0.05) is 32.8 Å². The minimum Gasteiger partial charge on any atom is -0.422 e. The van der Waals surface area contributed by atoms with Crippen LogP contribution in [0.2, 0.25) is 0 Å². The van der Waals surface area contributed by atoms with Crippen molar-refractivity contribution in [2.24, 2.45) is 0 Å². The summed E-state index contributed by atoms with van der Waals surface area (Å²) in [4.78, 5) is 35.2. The first-order chi connectivity index (χ1) is 46.0. The largest absolute Gasteiger partial charge is 0.422 e. The number of aromatic nitrogens is 8. The Morgan fingerprint density at radius 3 is 1.29 bits per heavy atom. The number of rotatable bonds is 58. The third kappa shape index (κ3) is 33.5. The molecule has 24 heteroatoms. The van der Waals surface area contributed by atoms with E-state index < -0.39 is 33.7 Å². The predicted octanol–water partition coefficient (Wildman–Crippen LogP) is 17.0. The molecule has 0 aliphatic carbocycles. The fourth-order valence-corrected chi connectivity index (χ4v) is 13.5. The van der Waals surface area contributed by atoms with Crippen molar-refractivity contribution in [3.8, 4) is 5.75 Å². The fraction of sp³-hybridized carbons (Fsp3) is 0.714. The number of hydrogen-bond donors (Lipinski definition) is 3. The monoisotopic (exact) mass is 1350 g/mol. The van der Waals surface area contributed by atoms with Gasteiger partial charge in [-0.15, -0.1) is 0 Å². The second-order valence-electron chi connectivity index (χ2n) is 24.7. The Balaban J connectivity index is 0.000000349. The lowest BCUT2D eigenvalue weighted by Gasteiger charge is -2.24. The average molecular weight is 1350 g/mol. The standard InChI is InChI=1S/C40H62N5O6P.C30H56N5O6P/c1-3-4-5-6-7-8-9-10-11-12-13-14-15-16-17-20-26-48-27-28-50-52(46,51-37-25-21-23-34-22-18-19-24-36(34)37)33-49-35(30-47-2)29-45-32-44-38-39(41)42-31-43-40(38)45;1-3-4-5-6-7-8-9-10-11-12-13-14-15-16-17-18-19-39-20-21-41-42(36,37)26-40-27(23-38-2)22-35-25-34-28-29(31)32-24-33-30(28)35/h18-19,21-25,31-32,35H,3-17,20,26-30,33H2,1-2H3,(H2,41,42,43);24-25,27H,3-23,26H2,1-2H3,(H,36,37)(H2,31,32,33)/t35-,52?;27-/m00/s1. The van der Waals surface area contributed by atoms with E-state index in [1.807, 2.05) is 36.4 Å². The zero-order chi connectivity index (χ0) is 67.0. The summed E-state index contributed by atoms with van der Waals surface area (Å²) in [6, 6.07) is 13.4. The fourth-order valence-electron chi connectivity index (χ4n) is 11.3. The first-order valence-corrected chi connectivity index (χ1v) is 39.0. The molecule has 0 fully saturated rings. The summed E-state index contributed by atoms with van der Waals surface area (Å²) >= 11 is 0. The molecule has 0 saturated heterocycles. The Labute approximate surface area is 561 Å². The molecule has 5 N–H and O–H groups in total. The van der Waals surface area contributed by atoms with E-state index in [-0.39, 0.29) is 45.2 Å². The van der Waals surface area contributed by atoms with Gasteiger partial charge in [-0.25, -0.2) is 34.5 Å². The molecule has 22 nitrogen and oxygen atoms in total. The van der Waals surface area contributed by atoms with Crippen molar-refractivity contribution in [2.75, 3.05) is 91.2 Å². The van der Waals surface area contributed by atoms with Gasteiger partial charge >= 0.3 is 15.2 Å². The first kappa shape index (κ1) is 80.0. The number of nitrogens with two attached hydrogens (primary N) is 2. The van der Waals surface area contributed by atoms with Gasteiger partial charge in [0.2, 0.25) is 0 Å². The van der Waals surface area contributed by atoms with Gasteiger partial charge in [0.25, 0.3) is 0 Å². The number of methoxy groups -OCH3 is 2. The molecular formula is C70H118N10O12P2. The van der Waals surface area contributed by atoms with Gasteiger partial charge in [-0.2, -0.15) is 0 Å². The van der Waals surface area contributed by atoms with Crippen molar-refractivity contribution >= 4 is 59.9 Å². The van der Waals surface area contributed by atoms with E-state index in [1.54, 1.807) is 35.0 Å². The maximum atomic E-state index is 14.3. The molecule has 0 bridgehead atoms. The van der Waals surface area contributed by atoms with Gasteiger partial charge in [0.05, 0.1) is 77.6 Å². The SMILES string of the molecule is CCCCCCCCCCCCCCCCCCOCCOP(=O)(CO[C@H](COC)Cn1cnc2c(N)ncnc21)Oc1cccc2ccccc12.CCCCCCCCCCCCCCCCCCOCCOP(=O)(O)CO[C@H](COC)Cn1cnc2c(N)ncnc21. The zero-order valence-corrected chi connectivity index (χ0v) is 59.5. The van der Waals surface area contributed by atoms with E-state index in [1.165, 1.54) is 200 Å². The van der Waals surface area contributed by atoms with Gasteiger partial charge in [-0.05, 0) is 24.3 Å². The third-order valence-electron chi connectivity index (χ3n) is 16.6. The summed E-state index contributed by atoms with van der Waals surface area (Å²) in [7, 11) is -4.61. The second-order valence-corrected chi connectivity index (χ2v) is 28.4. The van der Waals surface area contributed by atoms with E-state index in [0.29, 0.717) is 66.8 Å². The molecule has 0 spiro atoms. The number of nitrogen functional groups attached to an aromatic ring is 2. The van der Waals surface area contributed by atoms with Crippen LogP contribution in [-0.4, -0.2) is 136 Å². The van der Waals surface area contributed by atoms with Crippen LogP contribution in [0, 0.1) is 0 Å². The van der Waals surface area contributed by atoms with Crippen LogP contribution in [0.25, 0.3) is 33.1 Å². The molecule has 0 aliphatic heterocycles. The highest BCUT2D eigenvalue weighted by Gasteiger charge is 2.30. The molecule has 2 unspecified atom stereocenters. The van der Waals surface area contributed by atoms with Gasteiger partial charge < -0.3 is 63.0 Å². The molecule has 0 saturated carbocycles. The number of anilines is 2. The lowest BCUT2D eigenvalue weighted by molar-refractivity contribution is 0.00122. The Morgan fingerprint density at radius 2 is 0.851 bits per heavy atom. The molecule has 0 aliphatic rings. The number of benzene rings is 2. The molecule has 4 heterocycles. The highest BCUT2D eigenvalue weighted by atomic mass is 31.2. The number of fused-ring (bicyclic) bond motifs is 3. The summed E-state index contributed by atoms with van der Waals surface area (Å²) < 4.78 is 81.5. The summed E-state index contributed by atoms with van der Waals surface area (Å²) in [5.74, 6) is 1.05. The topological polar surface area (TPSA) is 277 Å². The molecule has 4 atom stereocenters. The molecule has 2 aromatic carbocycles. The Bertz CT molecular complexity index is 2970. The predicted molar refractivity (Wildman–Crippen MR) is 377 cm³/mol. The maximum absolute atomic E-state index is 14.3. The highest BCUT2D eigenvalue weighted by molar-refractivity contribution is 7.54. The van der Waals surface area contributed by atoms with Crippen molar-refractivity contribution in [1.29, 1.82) is 0 Å². The Morgan fingerprint density at radius 1 is 0.457 bits per heavy atom. The van der Waals surface area contributed by atoms with Gasteiger partial charge in [0.15, 0.2) is 29.3 Å². The minimum atomic E-state index is -3.94. The smallest absolute Gasteiger partial charge is 0.404 e. The third-order valence-corrected chi connectivity index (χ3v) is 19.2. The quantitative estimate of drug-likeness (QED) is 0.0236. The summed E-state index contributed by atoms with van der Waals surface area (Å²) in [6.45, 7) is 7.65.